The Labute approximate surface area is 177 Å². The minimum absolute atomic E-state index is 0.0530. The molecule has 1 heterocycles. The lowest BCUT2D eigenvalue weighted by molar-refractivity contribution is -0.137. The van der Waals surface area contributed by atoms with Crippen molar-refractivity contribution in [3.8, 4) is 0 Å². The molecule has 0 amide bonds. The van der Waals surface area contributed by atoms with Crippen LogP contribution in [-0.2, 0) is 16.0 Å². The van der Waals surface area contributed by atoms with Crippen LogP contribution in [0.25, 0.3) is 6.20 Å². The Balaban J connectivity index is 2.04. The molecule has 1 aliphatic heterocycles. The van der Waals surface area contributed by atoms with Crippen molar-refractivity contribution >= 4 is 55.9 Å². The van der Waals surface area contributed by atoms with E-state index in [4.69, 9.17) is 11.6 Å². The average molecular weight is 544 g/mol. The highest BCUT2D eigenvalue weighted by molar-refractivity contribution is 14.1. The van der Waals surface area contributed by atoms with Gasteiger partial charge in [-0.1, -0.05) is 18.5 Å². The van der Waals surface area contributed by atoms with Gasteiger partial charge in [-0.15, -0.1) is 0 Å². The number of hydrogen-bond acceptors (Lipinski definition) is 5. The van der Waals surface area contributed by atoms with Crippen molar-refractivity contribution < 1.29 is 21.6 Å². The molecule has 0 bridgehead atoms. The zero-order chi connectivity index (χ0) is 20.7. The van der Waals surface area contributed by atoms with Gasteiger partial charge < -0.3 is 0 Å². The van der Waals surface area contributed by atoms with Crippen LogP contribution in [0, 0.1) is 3.57 Å². The molecule has 0 fully saturated rings. The lowest BCUT2D eigenvalue weighted by atomic mass is 10.1. The molecule has 0 spiro atoms. The molecule has 0 aromatic heterocycles. The van der Waals surface area contributed by atoms with Gasteiger partial charge in [0, 0.05) is 20.0 Å². The molecule has 0 radical (unpaired) electrons. The predicted molar refractivity (Wildman–Crippen MR) is 109 cm³/mol. The SMILES string of the molecule is CCS(=O)(=O)c1ccc(Cl)cc1NN1C=c2cc(C(F)(F)F)cc(I)c2=NC1. The highest BCUT2D eigenvalue weighted by Crippen LogP contribution is 2.29. The first-order valence-corrected chi connectivity index (χ1v) is 11.1. The first kappa shape index (κ1) is 21.2. The summed E-state index contributed by atoms with van der Waals surface area (Å²) >= 11 is 7.80. The van der Waals surface area contributed by atoms with Crippen molar-refractivity contribution in [1.29, 1.82) is 0 Å². The summed E-state index contributed by atoms with van der Waals surface area (Å²) in [5, 5.41) is 2.47. The van der Waals surface area contributed by atoms with Crippen molar-refractivity contribution in [3.05, 3.63) is 55.1 Å². The Morgan fingerprint density at radius 3 is 2.64 bits per heavy atom. The maximum Gasteiger partial charge on any atom is 0.416 e. The molecule has 0 saturated heterocycles. The molecule has 0 saturated carbocycles. The van der Waals surface area contributed by atoms with Crippen LogP contribution in [0.5, 0.6) is 0 Å². The standard InChI is InChI=1S/C17H14ClF3IN3O2S/c1-2-28(26,27)15-4-3-12(18)7-14(15)24-25-8-10-5-11(17(19,20)21)6-13(22)16(10)23-9-25/h3-8,24H,2,9H2,1H3. The van der Waals surface area contributed by atoms with E-state index in [-0.39, 0.29) is 28.2 Å². The molecule has 0 unspecified atom stereocenters. The van der Waals surface area contributed by atoms with E-state index in [9.17, 15) is 21.6 Å². The van der Waals surface area contributed by atoms with E-state index in [0.717, 1.165) is 12.1 Å². The lowest BCUT2D eigenvalue weighted by Gasteiger charge is -2.24. The molecule has 1 N–H and O–H groups in total. The second kappa shape index (κ2) is 7.71. The van der Waals surface area contributed by atoms with Crippen LogP contribution in [-0.4, -0.2) is 25.8 Å². The third kappa shape index (κ3) is 4.38. The zero-order valence-corrected chi connectivity index (χ0v) is 18.1. The minimum atomic E-state index is -4.48. The van der Waals surface area contributed by atoms with Gasteiger partial charge in [0.2, 0.25) is 0 Å². The van der Waals surface area contributed by atoms with Crippen LogP contribution in [0.4, 0.5) is 18.9 Å². The highest BCUT2D eigenvalue weighted by atomic mass is 127. The molecule has 2 aromatic carbocycles. The number of alkyl halides is 3. The quantitative estimate of drug-likeness (QED) is 0.601. The fourth-order valence-electron chi connectivity index (χ4n) is 2.64. The first-order chi connectivity index (χ1) is 13.0. The highest BCUT2D eigenvalue weighted by Gasteiger charge is 2.31. The second-order valence-corrected chi connectivity index (χ2v) is 9.79. The van der Waals surface area contributed by atoms with E-state index in [1.54, 1.807) is 0 Å². The number of benzene rings is 2. The van der Waals surface area contributed by atoms with Crippen molar-refractivity contribution in [2.45, 2.75) is 18.0 Å². The number of fused-ring (bicyclic) bond motifs is 1. The molecule has 0 aliphatic carbocycles. The molecule has 5 nitrogen and oxygen atoms in total. The van der Waals surface area contributed by atoms with Crippen molar-refractivity contribution in [3.63, 3.8) is 0 Å². The van der Waals surface area contributed by atoms with Crippen LogP contribution in [0.1, 0.15) is 12.5 Å². The molecular weight excluding hydrogens is 530 g/mol. The molecule has 28 heavy (non-hydrogen) atoms. The van der Waals surface area contributed by atoms with Gasteiger partial charge in [0.25, 0.3) is 0 Å². The normalized spacial score (nSPS) is 14.1. The van der Waals surface area contributed by atoms with E-state index in [1.165, 1.54) is 36.3 Å². The summed E-state index contributed by atoms with van der Waals surface area (Å²) < 4.78 is 64.3. The summed E-state index contributed by atoms with van der Waals surface area (Å²) in [7, 11) is -3.53. The molecule has 150 valence electrons. The summed E-state index contributed by atoms with van der Waals surface area (Å²) in [4.78, 5) is 4.36. The Morgan fingerprint density at radius 2 is 2.00 bits per heavy atom. The van der Waals surface area contributed by atoms with Gasteiger partial charge in [0.05, 0.1) is 27.3 Å². The van der Waals surface area contributed by atoms with Crippen molar-refractivity contribution in [1.82, 2.24) is 5.01 Å². The Hall–Kier alpha value is -1.53. The van der Waals surface area contributed by atoms with Crippen molar-refractivity contribution in [2.24, 2.45) is 4.99 Å². The number of nitrogens with one attached hydrogen (secondary N) is 1. The summed E-state index contributed by atoms with van der Waals surface area (Å²) in [6, 6.07) is 6.36. The molecule has 1 aliphatic rings. The number of nitrogens with zero attached hydrogens (tertiary/aromatic N) is 2. The number of hydrazine groups is 1. The maximum absolute atomic E-state index is 13.1. The monoisotopic (exact) mass is 543 g/mol. The molecule has 3 rings (SSSR count). The summed E-state index contributed by atoms with van der Waals surface area (Å²) in [6.45, 7) is 1.61. The summed E-state index contributed by atoms with van der Waals surface area (Å²) in [5.41, 5.74) is 2.34. The smallest absolute Gasteiger partial charge is 0.296 e. The number of halogens is 5. The van der Waals surface area contributed by atoms with Gasteiger partial charge in [-0.25, -0.2) is 8.42 Å². The summed E-state index contributed by atoms with van der Waals surface area (Å²) in [5.74, 6) is -0.104. The van der Waals surface area contributed by atoms with Gasteiger partial charge in [0.1, 0.15) is 6.67 Å². The van der Waals surface area contributed by atoms with Crippen LogP contribution in [0.3, 0.4) is 0 Å². The first-order valence-electron chi connectivity index (χ1n) is 8.00. The van der Waals surface area contributed by atoms with E-state index in [1.807, 2.05) is 22.6 Å². The minimum Gasteiger partial charge on any atom is -0.296 e. The Morgan fingerprint density at radius 1 is 1.29 bits per heavy atom. The Bertz CT molecular complexity index is 1150. The molecule has 0 atom stereocenters. The van der Waals surface area contributed by atoms with Crippen LogP contribution < -0.4 is 16.0 Å². The summed E-state index contributed by atoms with van der Waals surface area (Å²) in [6.07, 6.45) is -3.02. The van der Waals surface area contributed by atoms with Gasteiger partial charge in [0.15, 0.2) is 9.84 Å². The molecule has 2 aromatic rings. The van der Waals surface area contributed by atoms with Crippen molar-refractivity contribution in [2.75, 3.05) is 17.8 Å². The van der Waals surface area contributed by atoms with E-state index in [0.29, 0.717) is 14.0 Å². The van der Waals surface area contributed by atoms with E-state index in [2.05, 4.69) is 10.4 Å². The topological polar surface area (TPSA) is 61.8 Å². The van der Waals surface area contributed by atoms with Crippen LogP contribution in [0.15, 0.2) is 40.2 Å². The number of anilines is 1. The van der Waals surface area contributed by atoms with Crippen LogP contribution in [0.2, 0.25) is 5.02 Å². The van der Waals surface area contributed by atoms with Gasteiger partial charge in [-0.3, -0.25) is 15.4 Å². The lowest BCUT2D eigenvalue weighted by Crippen LogP contribution is -2.40. The molecule has 11 heteroatoms. The average Bonchev–Trinajstić information content (AvgIpc) is 2.60. The van der Waals surface area contributed by atoms with Gasteiger partial charge in [-0.05, 0) is 52.9 Å². The Kier molecular flexibility index (Phi) is 5.84. The van der Waals surface area contributed by atoms with E-state index < -0.39 is 21.6 Å². The fourth-order valence-corrected chi connectivity index (χ4v) is 4.66. The number of hydrogen-bond donors (Lipinski definition) is 1. The maximum atomic E-state index is 13.1. The van der Waals surface area contributed by atoms with E-state index >= 15 is 0 Å². The van der Waals surface area contributed by atoms with Gasteiger partial charge >= 0.3 is 6.18 Å². The predicted octanol–water partition coefficient (Wildman–Crippen LogP) is 3.41. The fraction of sp³-hybridized carbons (Fsp3) is 0.235. The third-order valence-corrected chi connectivity index (χ3v) is 6.86. The third-order valence-electron chi connectivity index (χ3n) is 4.02. The molecular formula is C17H14ClF3IN3O2S. The number of sulfone groups is 1. The zero-order valence-electron chi connectivity index (χ0n) is 14.4. The largest absolute Gasteiger partial charge is 0.416 e. The second-order valence-electron chi connectivity index (χ2n) is 5.95. The van der Waals surface area contributed by atoms with Crippen LogP contribution >= 0.6 is 34.2 Å². The van der Waals surface area contributed by atoms with Gasteiger partial charge in [-0.2, -0.15) is 13.2 Å². The number of rotatable bonds is 4.